The summed E-state index contributed by atoms with van der Waals surface area (Å²) in [6.07, 6.45) is 1.65. The normalized spacial score (nSPS) is 12.0. The highest BCUT2D eigenvalue weighted by Gasteiger charge is 2.16. The number of ether oxygens (including phenoxy) is 2. The minimum atomic E-state index is -0.321. The zero-order valence-corrected chi connectivity index (χ0v) is 13.9. The van der Waals surface area contributed by atoms with Gasteiger partial charge < -0.3 is 9.47 Å². The molecule has 0 aliphatic heterocycles. The molecule has 1 unspecified atom stereocenters. The number of aryl methyl sites for hydroxylation is 1. The Bertz CT molecular complexity index is 494. The van der Waals surface area contributed by atoms with Gasteiger partial charge in [-0.1, -0.05) is 39.0 Å². The Morgan fingerprint density at radius 2 is 1.73 bits per heavy atom. The van der Waals surface area contributed by atoms with E-state index >= 15 is 0 Å². The van der Waals surface area contributed by atoms with Crippen LogP contribution in [0.3, 0.4) is 0 Å². The van der Waals surface area contributed by atoms with Crippen molar-refractivity contribution in [2.24, 2.45) is 5.92 Å². The molecule has 1 aromatic carbocycles. The molecule has 22 heavy (non-hydrogen) atoms. The lowest BCUT2D eigenvalue weighted by atomic mass is 10.1. The van der Waals surface area contributed by atoms with Crippen LogP contribution in [-0.4, -0.2) is 18.0 Å². The van der Waals surface area contributed by atoms with E-state index in [9.17, 15) is 9.59 Å². The predicted molar refractivity (Wildman–Crippen MR) is 85.7 cm³/mol. The smallest absolute Gasteiger partial charge is 0.311 e. The minimum Gasteiger partial charge on any atom is -0.462 e. The molecule has 1 atom stereocenters. The Morgan fingerprint density at radius 3 is 2.32 bits per heavy atom. The zero-order chi connectivity index (χ0) is 16.5. The van der Waals surface area contributed by atoms with E-state index in [1.807, 2.05) is 45.9 Å². The van der Waals surface area contributed by atoms with E-state index in [2.05, 4.69) is 0 Å². The fourth-order valence-electron chi connectivity index (χ4n) is 2.14. The van der Waals surface area contributed by atoms with Gasteiger partial charge in [-0.05, 0) is 37.3 Å². The third-order valence-corrected chi connectivity index (χ3v) is 3.51. The van der Waals surface area contributed by atoms with Crippen LogP contribution < -0.4 is 4.74 Å². The van der Waals surface area contributed by atoms with Gasteiger partial charge in [0.1, 0.15) is 11.9 Å². The number of carbonyl (C=O) groups excluding carboxylic acids is 2. The van der Waals surface area contributed by atoms with Crippen LogP contribution in [-0.2, 0) is 14.3 Å². The molecule has 0 spiro atoms. The van der Waals surface area contributed by atoms with Crippen LogP contribution in [0.25, 0.3) is 0 Å². The summed E-state index contributed by atoms with van der Waals surface area (Å²) in [6, 6.07) is 7.36. The first-order valence-corrected chi connectivity index (χ1v) is 7.89. The van der Waals surface area contributed by atoms with Crippen LogP contribution in [0, 0.1) is 12.8 Å². The first kappa shape index (κ1) is 18.2. The number of esters is 2. The SMILES string of the molecule is CCC(OC(=O)CCCC(=O)Oc1ccccc1C)C(C)C. The molecular formula is C18H26O4. The molecule has 0 amide bonds. The molecule has 0 radical (unpaired) electrons. The van der Waals surface area contributed by atoms with Crippen LogP contribution in [0.15, 0.2) is 24.3 Å². The lowest BCUT2D eigenvalue weighted by Crippen LogP contribution is -2.22. The van der Waals surface area contributed by atoms with E-state index in [0.29, 0.717) is 18.1 Å². The Morgan fingerprint density at radius 1 is 1.09 bits per heavy atom. The van der Waals surface area contributed by atoms with Gasteiger partial charge in [0.15, 0.2) is 0 Å². The lowest BCUT2D eigenvalue weighted by molar-refractivity contribution is -0.151. The number of hydrogen-bond acceptors (Lipinski definition) is 4. The highest BCUT2D eigenvalue weighted by atomic mass is 16.5. The molecular weight excluding hydrogens is 280 g/mol. The first-order valence-electron chi connectivity index (χ1n) is 7.89. The number of hydrogen-bond donors (Lipinski definition) is 0. The fourth-order valence-corrected chi connectivity index (χ4v) is 2.14. The quantitative estimate of drug-likeness (QED) is 0.537. The van der Waals surface area contributed by atoms with E-state index < -0.39 is 0 Å². The third kappa shape index (κ3) is 6.29. The van der Waals surface area contributed by atoms with Crippen molar-refractivity contribution in [3.8, 4) is 5.75 Å². The van der Waals surface area contributed by atoms with Crippen molar-refractivity contribution in [3.63, 3.8) is 0 Å². The zero-order valence-electron chi connectivity index (χ0n) is 13.9. The Balaban J connectivity index is 2.30. The standard InChI is InChI=1S/C18H26O4/c1-5-15(13(2)3)21-17(19)11-8-12-18(20)22-16-10-7-6-9-14(16)4/h6-7,9-10,13,15H,5,8,11-12H2,1-4H3. The molecule has 0 saturated heterocycles. The number of benzene rings is 1. The Hall–Kier alpha value is -1.84. The average Bonchev–Trinajstić information content (AvgIpc) is 2.47. The lowest BCUT2D eigenvalue weighted by Gasteiger charge is -2.19. The maximum atomic E-state index is 11.8. The first-order chi connectivity index (χ1) is 10.4. The largest absolute Gasteiger partial charge is 0.462 e. The van der Waals surface area contributed by atoms with Crippen molar-refractivity contribution in [1.29, 1.82) is 0 Å². The summed E-state index contributed by atoms with van der Waals surface area (Å²) in [5.74, 6) is 0.308. The Labute approximate surface area is 132 Å². The van der Waals surface area contributed by atoms with Gasteiger partial charge in [0.2, 0.25) is 0 Å². The van der Waals surface area contributed by atoms with Crippen molar-refractivity contribution in [3.05, 3.63) is 29.8 Å². The van der Waals surface area contributed by atoms with Crippen molar-refractivity contribution in [2.75, 3.05) is 0 Å². The van der Waals surface area contributed by atoms with Gasteiger partial charge in [0.05, 0.1) is 0 Å². The highest BCUT2D eigenvalue weighted by molar-refractivity contribution is 5.74. The van der Waals surface area contributed by atoms with Crippen LogP contribution in [0.5, 0.6) is 5.75 Å². The molecule has 1 rings (SSSR count). The minimum absolute atomic E-state index is 0.0496. The fraction of sp³-hybridized carbons (Fsp3) is 0.556. The summed E-state index contributed by atoms with van der Waals surface area (Å²) in [5, 5.41) is 0. The van der Waals surface area contributed by atoms with Gasteiger partial charge in [-0.3, -0.25) is 9.59 Å². The van der Waals surface area contributed by atoms with Crippen LogP contribution in [0.2, 0.25) is 0 Å². The second-order valence-electron chi connectivity index (χ2n) is 5.77. The number of carbonyl (C=O) groups is 2. The number of para-hydroxylation sites is 1. The molecule has 0 bridgehead atoms. The van der Waals surface area contributed by atoms with Gasteiger partial charge in [0, 0.05) is 12.8 Å². The topological polar surface area (TPSA) is 52.6 Å². The van der Waals surface area contributed by atoms with Crippen LogP contribution >= 0.6 is 0 Å². The van der Waals surface area contributed by atoms with Gasteiger partial charge in [-0.15, -0.1) is 0 Å². The van der Waals surface area contributed by atoms with Crippen LogP contribution in [0.1, 0.15) is 52.0 Å². The molecule has 4 heteroatoms. The summed E-state index contributed by atoms with van der Waals surface area (Å²) in [6.45, 7) is 7.94. The number of rotatable bonds is 8. The molecule has 0 N–H and O–H groups in total. The molecule has 0 heterocycles. The summed E-state index contributed by atoms with van der Waals surface area (Å²) < 4.78 is 10.7. The van der Waals surface area contributed by atoms with Crippen molar-refractivity contribution >= 4 is 11.9 Å². The molecule has 122 valence electrons. The van der Waals surface area contributed by atoms with Gasteiger partial charge in [0.25, 0.3) is 0 Å². The van der Waals surface area contributed by atoms with Gasteiger partial charge in [-0.2, -0.15) is 0 Å². The van der Waals surface area contributed by atoms with E-state index in [1.54, 1.807) is 6.07 Å². The molecule has 0 saturated carbocycles. The molecule has 0 fully saturated rings. The van der Waals surface area contributed by atoms with Crippen molar-refractivity contribution in [2.45, 2.75) is 59.5 Å². The van der Waals surface area contributed by atoms with Gasteiger partial charge >= 0.3 is 11.9 Å². The van der Waals surface area contributed by atoms with Crippen molar-refractivity contribution in [1.82, 2.24) is 0 Å². The summed E-state index contributed by atoms with van der Waals surface area (Å²) >= 11 is 0. The molecule has 0 aliphatic carbocycles. The second kappa shape index (κ2) is 9.23. The summed E-state index contributed by atoms with van der Waals surface area (Å²) in [4.78, 5) is 23.5. The molecule has 4 nitrogen and oxygen atoms in total. The van der Waals surface area contributed by atoms with Crippen LogP contribution in [0.4, 0.5) is 0 Å². The van der Waals surface area contributed by atoms with Gasteiger partial charge in [-0.25, -0.2) is 0 Å². The molecule has 0 aromatic heterocycles. The Kier molecular flexibility index (Phi) is 7.64. The third-order valence-electron chi connectivity index (χ3n) is 3.51. The van der Waals surface area contributed by atoms with E-state index in [-0.39, 0.29) is 30.9 Å². The molecule has 0 aliphatic rings. The maximum absolute atomic E-state index is 11.8. The monoisotopic (exact) mass is 306 g/mol. The van der Waals surface area contributed by atoms with E-state index in [1.165, 1.54) is 0 Å². The van der Waals surface area contributed by atoms with Crippen molar-refractivity contribution < 1.29 is 19.1 Å². The summed E-state index contributed by atoms with van der Waals surface area (Å²) in [7, 11) is 0. The molecule has 1 aromatic rings. The van der Waals surface area contributed by atoms with E-state index in [0.717, 1.165) is 12.0 Å². The second-order valence-corrected chi connectivity index (χ2v) is 5.77. The summed E-state index contributed by atoms with van der Waals surface area (Å²) in [5.41, 5.74) is 0.915. The van der Waals surface area contributed by atoms with E-state index in [4.69, 9.17) is 9.47 Å². The average molecular weight is 306 g/mol. The maximum Gasteiger partial charge on any atom is 0.311 e. The predicted octanol–water partition coefficient (Wildman–Crippen LogP) is 4.05. The highest BCUT2D eigenvalue weighted by Crippen LogP contribution is 2.17.